The van der Waals surface area contributed by atoms with Gasteiger partial charge in [-0.2, -0.15) is 0 Å². The van der Waals surface area contributed by atoms with Crippen molar-refractivity contribution < 1.29 is 9.90 Å². The molecule has 0 radical (unpaired) electrons. The van der Waals surface area contributed by atoms with Crippen LogP contribution in [0.15, 0.2) is 18.3 Å². The fourth-order valence-corrected chi connectivity index (χ4v) is 2.88. The first-order valence-corrected chi connectivity index (χ1v) is 8.09. The molecule has 7 nitrogen and oxygen atoms in total. The predicted octanol–water partition coefficient (Wildman–Crippen LogP) is 0.566. The summed E-state index contributed by atoms with van der Waals surface area (Å²) in [6.45, 7) is 7.51. The van der Waals surface area contributed by atoms with E-state index < -0.39 is 0 Å². The van der Waals surface area contributed by atoms with Crippen LogP contribution in [0, 0.1) is 6.92 Å². The molecular formula is C16H23N5O2. The minimum absolute atomic E-state index is 0.0377. The average Bonchev–Trinajstić information content (AvgIpc) is 2.95. The summed E-state index contributed by atoms with van der Waals surface area (Å²) in [6.07, 6.45) is 2.29. The van der Waals surface area contributed by atoms with Gasteiger partial charge in [0.05, 0.1) is 11.7 Å². The Bertz CT molecular complexity index is 691. The lowest BCUT2D eigenvalue weighted by molar-refractivity contribution is 0.0523. The summed E-state index contributed by atoms with van der Waals surface area (Å²) in [5.41, 5.74) is 1.40. The largest absolute Gasteiger partial charge is 0.392 e. The lowest BCUT2D eigenvalue weighted by atomic mass is 10.2. The van der Waals surface area contributed by atoms with E-state index in [1.165, 1.54) is 0 Å². The molecule has 1 N–H and O–H groups in total. The highest BCUT2D eigenvalue weighted by Gasteiger charge is 2.23. The van der Waals surface area contributed by atoms with Crippen LogP contribution >= 0.6 is 0 Å². The molecule has 1 aliphatic rings. The van der Waals surface area contributed by atoms with Crippen molar-refractivity contribution in [3.8, 4) is 0 Å². The summed E-state index contributed by atoms with van der Waals surface area (Å²) < 4.78 is 1.83. The number of pyridine rings is 1. The third kappa shape index (κ3) is 3.35. The van der Waals surface area contributed by atoms with Crippen LogP contribution < -0.4 is 0 Å². The lowest BCUT2D eigenvalue weighted by Crippen LogP contribution is -2.50. The number of hydrogen-bond acceptors (Lipinski definition) is 5. The molecule has 0 aromatic carbocycles. The monoisotopic (exact) mass is 317 g/mol. The third-order valence-electron chi connectivity index (χ3n) is 4.42. The maximum Gasteiger partial charge on any atom is 0.255 e. The Balaban J connectivity index is 1.65. The highest BCUT2D eigenvalue weighted by Crippen LogP contribution is 2.12. The third-order valence-corrected chi connectivity index (χ3v) is 4.42. The van der Waals surface area contributed by atoms with E-state index in [1.807, 2.05) is 29.2 Å². The summed E-state index contributed by atoms with van der Waals surface area (Å²) in [5, 5.41) is 17.8. The van der Waals surface area contributed by atoms with E-state index >= 15 is 0 Å². The van der Waals surface area contributed by atoms with Gasteiger partial charge in [0, 0.05) is 38.9 Å². The summed E-state index contributed by atoms with van der Waals surface area (Å²) in [6, 6.07) is 3.63. The van der Waals surface area contributed by atoms with Crippen molar-refractivity contribution in [1.29, 1.82) is 0 Å². The van der Waals surface area contributed by atoms with E-state index in [0.717, 1.165) is 31.0 Å². The van der Waals surface area contributed by atoms with E-state index in [-0.39, 0.29) is 12.0 Å². The molecule has 2 aromatic rings. The number of β-amino-alcohol motifs (C(OH)–C–C–N with tert-alkyl or cyclic N) is 1. The standard InChI is InChI=1S/C16H23N5O2/c1-3-14(22)11-19-6-8-20(9-7-19)16(23)13-4-5-15-18-17-12(2)21(15)10-13/h4-5,10,14,22H,3,6-9,11H2,1-2H3/t14-/m0/s1. The van der Waals surface area contributed by atoms with Crippen molar-refractivity contribution in [3.63, 3.8) is 0 Å². The van der Waals surface area contributed by atoms with Gasteiger partial charge in [0.15, 0.2) is 5.65 Å². The first-order valence-electron chi connectivity index (χ1n) is 8.09. The van der Waals surface area contributed by atoms with Crippen molar-refractivity contribution in [2.45, 2.75) is 26.4 Å². The molecule has 2 aromatic heterocycles. The Hall–Kier alpha value is -1.99. The Morgan fingerprint density at radius 3 is 2.70 bits per heavy atom. The molecule has 3 rings (SSSR count). The van der Waals surface area contributed by atoms with E-state index in [9.17, 15) is 9.90 Å². The number of nitrogens with zero attached hydrogens (tertiary/aromatic N) is 5. The quantitative estimate of drug-likeness (QED) is 0.892. The topological polar surface area (TPSA) is 74.0 Å². The first kappa shape index (κ1) is 15.9. The van der Waals surface area contributed by atoms with Gasteiger partial charge < -0.3 is 10.0 Å². The van der Waals surface area contributed by atoms with Gasteiger partial charge in [0.1, 0.15) is 5.82 Å². The van der Waals surface area contributed by atoms with Gasteiger partial charge in [0.2, 0.25) is 0 Å². The minimum atomic E-state index is -0.281. The molecule has 1 fully saturated rings. The number of carbonyl (C=O) groups is 1. The summed E-state index contributed by atoms with van der Waals surface area (Å²) >= 11 is 0. The summed E-state index contributed by atoms with van der Waals surface area (Å²) in [4.78, 5) is 16.7. The van der Waals surface area contributed by atoms with Gasteiger partial charge in [-0.05, 0) is 25.5 Å². The second-order valence-corrected chi connectivity index (χ2v) is 6.05. The fourth-order valence-electron chi connectivity index (χ4n) is 2.88. The maximum absolute atomic E-state index is 12.7. The van der Waals surface area contributed by atoms with Crippen molar-refractivity contribution >= 4 is 11.6 Å². The number of aryl methyl sites for hydroxylation is 1. The van der Waals surface area contributed by atoms with Gasteiger partial charge in [-0.3, -0.25) is 14.1 Å². The molecule has 0 spiro atoms. The average molecular weight is 317 g/mol. The molecule has 1 aliphatic heterocycles. The molecule has 3 heterocycles. The van der Waals surface area contributed by atoms with Crippen LogP contribution in [-0.4, -0.2) is 74.2 Å². The molecule has 0 bridgehead atoms. The fraction of sp³-hybridized carbons (Fsp3) is 0.562. The summed E-state index contributed by atoms with van der Waals surface area (Å²) in [7, 11) is 0. The van der Waals surface area contributed by atoms with Gasteiger partial charge >= 0.3 is 0 Å². The Kier molecular flexibility index (Phi) is 4.58. The molecule has 1 atom stereocenters. The zero-order valence-electron chi connectivity index (χ0n) is 13.6. The van der Waals surface area contributed by atoms with Gasteiger partial charge in [-0.25, -0.2) is 0 Å². The van der Waals surface area contributed by atoms with Crippen LogP contribution in [0.4, 0.5) is 0 Å². The predicted molar refractivity (Wildman–Crippen MR) is 86.4 cm³/mol. The molecular weight excluding hydrogens is 294 g/mol. The second-order valence-electron chi connectivity index (χ2n) is 6.05. The molecule has 1 amide bonds. The number of amides is 1. The Morgan fingerprint density at radius 1 is 1.26 bits per heavy atom. The molecule has 23 heavy (non-hydrogen) atoms. The number of aliphatic hydroxyl groups is 1. The highest BCUT2D eigenvalue weighted by atomic mass is 16.3. The molecule has 124 valence electrons. The summed E-state index contributed by atoms with van der Waals surface area (Å²) in [5.74, 6) is 0.809. The second kappa shape index (κ2) is 6.64. The molecule has 0 saturated carbocycles. The molecule has 1 saturated heterocycles. The van der Waals surface area contributed by atoms with Crippen LogP contribution in [0.3, 0.4) is 0 Å². The van der Waals surface area contributed by atoms with Crippen molar-refractivity contribution in [2.75, 3.05) is 32.7 Å². The number of aliphatic hydroxyl groups excluding tert-OH is 1. The van der Waals surface area contributed by atoms with E-state index in [0.29, 0.717) is 25.2 Å². The molecule has 0 unspecified atom stereocenters. The van der Waals surface area contributed by atoms with E-state index in [1.54, 1.807) is 12.3 Å². The van der Waals surface area contributed by atoms with E-state index in [2.05, 4.69) is 15.1 Å². The number of hydrogen-bond donors (Lipinski definition) is 1. The normalized spacial score (nSPS) is 17.6. The number of rotatable bonds is 4. The van der Waals surface area contributed by atoms with Gasteiger partial charge in [-0.1, -0.05) is 6.92 Å². The van der Waals surface area contributed by atoms with E-state index in [4.69, 9.17) is 0 Å². The van der Waals surface area contributed by atoms with Crippen molar-refractivity contribution in [2.24, 2.45) is 0 Å². The van der Waals surface area contributed by atoms with Crippen LogP contribution in [0.2, 0.25) is 0 Å². The minimum Gasteiger partial charge on any atom is -0.392 e. The number of fused-ring (bicyclic) bond motifs is 1. The zero-order valence-corrected chi connectivity index (χ0v) is 13.6. The maximum atomic E-state index is 12.7. The molecule has 0 aliphatic carbocycles. The SMILES string of the molecule is CC[C@H](O)CN1CCN(C(=O)c2ccc3nnc(C)n3c2)CC1. The smallest absolute Gasteiger partial charge is 0.255 e. The van der Waals surface area contributed by atoms with Crippen LogP contribution in [0.25, 0.3) is 5.65 Å². The Morgan fingerprint density at radius 2 is 2.00 bits per heavy atom. The number of carbonyl (C=O) groups excluding carboxylic acids is 1. The van der Waals surface area contributed by atoms with Gasteiger partial charge in [0.25, 0.3) is 5.91 Å². The van der Waals surface area contributed by atoms with Crippen molar-refractivity contribution in [3.05, 3.63) is 29.7 Å². The highest BCUT2D eigenvalue weighted by molar-refractivity contribution is 5.94. The number of aromatic nitrogens is 3. The van der Waals surface area contributed by atoms with Crippen LogP contribution in [-0.2, 0) is 0 Å². The Labute approximate surface area is 135 Å². The van der Waals surface area contributed by atoms with Gasteiger partial charge in [-0.15, -0.1) is 10.2 Å². The number of piperazine rings is 1. The molecule has 7 heteroatoms. The van der Waals surface area contributed by atoms with Crippen LogP contribution in [0.5, 0.6) is 0 Å². The zero-order chi connectivity index (χ0) is 16.4. The van der Waals surface area contributed by atoms with Crippen molar-refractivity contribution in [1.82, 2.24) is 24.4 Å². The lowest BCUT2D eigenvalue weighted by Gasteiger charge is -2.35. The first-order chi connectivity index (χ1) is 11.1. The van der Waals surface area contributed by atoms with Crippen LogP contribution in [0.1, 0.15) is 29.5 Å².